The van der Waals surface area contributed by atoms with Crippen LogP contribution in [0.1, 0.15) is 22.7 Å². The van der Waals surface area contributed by atoms with Gasteiger partial charge in [-0.25, -0.2) is 4.39 Å². The van der Waals surface area contributed by atoms with Crippen LogP contribution in [-0.4, -0.2) is 7.05 Å². The summed E-state index contributed by atoms with van der Waals surface area (Å²) in [7, 11) is 1.89. The third-order valence-corrected chi connectivity index (χ3v) is 3.63. The highest BCUT2D eigenvalue weighted by Crippen LogP contribution is 2.30. The molecule has 1 heterocycles. The summed E-state index contributed by atoms with van der Waals surface area (Å²) in [5.74, 6) is -0.180. The molecule has 20 heavy (non-hydrogen) atoms. The van der Waals surface area contributed by atoms with Crippen LogP contribution in [-0.2, 0) is 0 Å². The van der Waals surface area contributed by atoms with Gasteiger partial charge < -0.3 is 9.73 Å². The highest BCUT2D eigenvalue weighted by Gasteiger charge is 2.18. The SMILES string of the molecule is CNC(c1ccc(F)c(C)c1)c1coc2ccccc12. The van der Waals surface area contributed by atoms with Crippen molar-refractivity contribution in [1.82, 2.24) is 5.32 Å². The highest BCUT2D eigenvalue weighted by molar-refractivity contribution is 5.81. The van der Waals surface area contributed by atoms with Crippen LogP contribution in [0.5, 0.6) is 0 Å². The highest BCUT2D eigenvalue weighted by atomic mass is 19.1. The lowest BCUT2D eigenvalue weighted by Gasteiger charge is -2.16. The van der Waals surface area contributed by atoms with E-state index in [-0.39, 0.29) is 11.9 Å². The standard InChI is InChI=1S/C17H16FNO/c1-11-9-12(7-8-15(11)18)17(19-2)14-10-20-16-6-4-3-5-13(14)16/h3-10,17,19H,1-2H3. The smallest absolute Gasteiger partial charge is 0.134 e. The van der Waals surface area contributed by atoms with Gasteiger partial charge in [0.25, 0.3) is 0 Å². The van der Waals surface area contributed by atoms with Crippen molar-refractivity contribution in [2.75, 3.05) is 7.05 Å². The summed E-state index contributed by atoms with van der Waals surface area (Å²) in [6, 6.07) is 13.1. The molecule has 1 aromatic heterocycles. The number of furan rings is 1. The van der Waals surface area contributed by atoms with Crippen molar-refractivity contribution in [3.63, 3.8) is 0 Å². The summed E-state index contributed by atoms with van der Waals surface area (Å²) < 4.78 is 19.0. The van der Waals surface area contributed by atoms with Crippen LogP contribution in [0.25, 0.3) is 11.0 Å². The zero-order valence-electron chi connectivity index (χ0n) is 11.5. The Hall–Kier alpha value is -2.13. The second kappa shape index (κ2) is 5.10. The van der Waals surface area contributed by atoms with Gasteiger partial charge in [-0.15, -0.1) is 0 Å². The van der Waals surface area contributed by atoms with Crippen LogP contribution in [0.15, 0.2) is 53.1 Å². The molecule has 0 aliphatic heterocycles. The molecule has 0 aliphatic carbocycles. The van der Waals surface area contributed by atoms with Crippen molar-refractivity contribution in [2.45, 2.75) is 13.0 Å². The molecular formula is C17H16FNO. The van der Waals surface area contributed by atoms with Gasteiger partial charge in [-0.1, -0.05) is 30.3 Å². The predicted octanol–water partition coefficient (Wildman–Crippen LogP) is 4.19. The molecule has 0 aliphatic rings. The average molecular weight is 269 g/mol. The molecule has 1 unspecified atom stereocenters. The number of aryl methyl sites for hydroxylation is 1. The summed E-state index contributed by atoms with van der Waals surface area (Å²) in [6.07, 6.45) is 1.77. The molecule has 0 spiro atoms. The van der Waals surface area contributed by atoms with Gasteiger partial charge in [-0.05, 0) is 37.2 Å². The Balaban J connectivity index is 2.11. The Labute approximate surface area is 117 Å². The molecule has 2 nitrogen and oxygen atoms in total. The van der Waals surface area contributed by atoms with Crippen LogP contribution in [0.4, 0.5) is 4.39 Å². The number of hydrogen-bond donors (Lipinski definition) is 1. The zero-order chi connectivity index (χ0) is 14.1. The molecule has 2 aromatic carbocycles. The Morgan fingerprint density at radius 2 is 1.95 bits per heavy atom. The number of halogens is 1. The zero-order valence-corrected chi connectivity index (χ0v) is 11.5. The van der Waals surface area contributed by atoms with Gasteiger partial charge in [0.1, 0.15) is 11.4 Å². The van der Waals surface area contributed by atoms with E-state index in [9.17, 15) is 4.39 Å². The summed E-state index contributed by atoms with van der Waals surface area (Å²) >= 11 is 0. The molecular weight excluding hydrogens is 253 g/mol. The normalized spacial score (nSPS) is 12.8. The van der Waals surface area contributed by atoms with Crippen LogP contribution >= 0.6 is 0 Å². The first kappa shape index (κ1) is 12.9. The number of hydrogen-bond acceptors (Lipinski definition) is 2. The van der Waals surface area contributed by atoms with Crippen molar-refractivity contribution >= 4 is 11.0 Å². The first-order valence-corrected chi connectivity index (χ1v) is 6.60. The minimum absolute atomic E-state index is 0.0158. The van der Waals surface area contributed by atoms with E-state index in [1.165, 1.54) is 6.07 Å². The van der Waals surface area contributed by atoms with Gasteiger partial charge in [-0.3, -0.25) is 0 Å². The van der Waals surface area contributed by atoms with Crippen molar-refractivity contribution in [1.29, 1.82) is 0 Å². The molecule has 3 aromatic rings. The van der Waals surface area contributed by atoms with E-state index >= 15 is 0 Å². The quantitative estimate of drug-likeness (QED) is 0.771. The monoisotopic (exact) mass is 269 g/mol. The average Bonchev–Trinajstić information content (AvgIpc) is 2.88. The fourth-order valence-corrected chi connectivity index (χ4v) is 2.57. The van der Waals surface area contributed by atoms with E-state index in [0.29, 0.717) is 5.56 Å². The largest absolute Gasteiger partial charge is 0.464 e. The summed E-state index contributed by atoms with van der Waals surface area (Å²) in [5.41, 5.74) is 3.60. The van der Waals surface area contributed by atoms with Crippen LogP contribution in [0.3, 0.4) is 0 Å². The van der Waals surface area contributed by atoms with Crippen LogP contribution < -0.4 is 5.32 Å². The van der Waals surface area contributed by atoms with Gasteiger partial charge in [0.15, 0.2) is 0 Å². The lowest BCUT2D eigenvalue weighted by Crippen LogP contribution is -2.17. The minimum Gasteiger partial charge on any atom is -0.464 e. The molecule has 0 saturated heterocycles. The molecule has 1 N–H and O–H groups in total. The molecule has 0 saturated carbocycles. The molecule has 0 radical (unpaired) electrons. The second-order valence-corrected chi connectivity index (χ2v) is 4.92. The van der Waals surface area contributed by atoms with E-state index in [1.54, 1.807) is 13.2 Å². The molecule has 3 heteroatoms. The van der Waals surface area contributed by atoms with Gasteiger partial charge in [-0.2, -0.15) is 0 Å². The maximum Gasteiger partial charge on any atom is 0.134 e. The van der Waals surface area contributed by atoms with Gasteiger partial charge in [0.05, 0.1) is 12.3 Å². The van der Waals surface area contributed by atoms with E-state index in [1.807, 2.05) is 43.4 Å². The summed E-state index contributed by atoms with van der Waals surface area (Å²) in [4.78, 5) is 0. The number of nitrogens with one attached hydrogen (secondary N) is 1. The topological polar surface area (TPSA) is 25.2 Å². The molecule has 0 fully saturated rings. The Morgan fingerprint density at radius 3 is 2.70 bits per heavy atom. The van der Waals surface area contributed by atoms with Crippen LogP contribution in [0.2, 0.25) is 0 Å². The fourth-order valence-electron chi connectivity index (χ4n) is 2.57. The van der Waals surface area contributed by atoms with Crippen molar-refractivity contribution in [2.24, 2.45) is 0 Å². The fraction of sp³-hybridized carbons (Fsp3) is 0.176. The van der Waals surface area contributed by atoms with E-state index < -0.39 is 0 Å². The Morgan fingerprint density at radius 1 is 1.15 bits per heavy atom. The number of fused-ring (bicyclic) bond motifs is 1. The van der Waals surface area contributed by atoms with E-state index in [4.69, 9.17) is 4.42 Å². The van der Waals surface area contributed by atoms with Gasteiger partial charge in [0, 0.05) is 10.9 Å². The van der Waals surface area contributed by atoms with Gasteiger partial charge >= 0.3 is 0 Å². The molecule has 1 atom stereocenters. The summed E-state index contributed by atoms with van der Waals surface area (Å²) in [6.45, 7) is 1.78. The van der Waals surface area contributed by atoms with Crippen molar-refractivity contribution in [3.8, 4) is 0 Å². The van der Waals surface area contributed by atoms with Crippen LogP contribution in [0, 0.1) is 12.7 Å². The molecule has 3 rings (SSSR count). The van der Waals surface area contributed by atoms with E-state index in [0.717, 1.165) is 22.1 Å². The third-order valence-electron chi connectivity index (χ3n) is 3.63. The van der Waals surface area contributed by atoms with E-state index in [2.05, 4.69) is 5.32 Å². The lowest BCUT2D eigenvalue weighted by atomic mass is 9.97. The Bertz CT molecular complexity index is 748. The lowest BCUT2D eigenvalue weighted by molar-refractivity contribution is 0.594. The minimum atomic E-state index is -0.180. The number of para-hydroxylation sites is 1. The molecule has 102 valence electrons. The van der Waals surface area contributed by atoms with Crippen molar-refractivity contribution in [3.05, 3.63) is 71.2 Å². The first-order chi connectivity index (χ1) is 9.70. The number of benzene rings is 2. The van der Waals surface area contributed by atoms with Crippen molar-refractivity contribution < 1.29 is 8.81 Å². The molecule has 0 amide bonds. The third kappa shape index (κ3) is 2.10. The first-order valence-electron chi connectivity index (χ1n) is 6.60. The maximum absolute atomic E-state index is 13.4. The Kier molecular flexibility index (Phi) is 3.28. The second-order valence-electron chi connectivity index (χ2n) is 4.92. The van der Waals surface area contributed by atoms with Gasteiger partial charge in [0.2, 0.25) is 0 Å². The predicted molar refractivity (Wildman–Crippen MR) is 78.3 cm³/mol. The number of rotatable bonds is 3. The maximum atomic E-state index is 13.4. The molecule has 0 bridgehead atoms. The summed E-state index contributed by atoms with van der Waals surface area (Å²) in [5, 5.41) is 4.35.